The van der Waals surface area contributed by atoms with E-state index in [1.807, 2.05) is 24.3 Å². The van der Waals surface area contributed by atoms with Crippen LogP contribution in [-0.4, -0.2) is 78.0 Å². The van der Waals surface area contributed by atoms with E-state index < -0.39 is 15.6 Å². The molecule has 2 heterocycles. The Kier molecular flexibility index (Phi) is 6.18. The second kappa shape index (κ2) is 8.13. The van der Waals surface area contributed by atoms with Crippen molar-refractivity contribution < 1.29 is 18.6 Å². The van der Waals surface area contributed by atoms with Gasteiger partial charge in [0.05, 0.1) is 12.9 Å². The van der Waals surface area contributed by atoms with Gasteiger partial charge in [0.1, 0.15) is 5.60 Å². The first-order valence-electron chi connectivity index (χ1n) is 9.77. The predicted octanol–water partition coefficient (Wildman–Crippen LogP) is 0.993. The van der Waals surface area contributed by atoms with E-state index in [-0.39, 0.29) is 24.6 Å². The topological polar surface area (TPSA) is 81.1 Å². The molecule has 3 atom stereocenters. The van der Waals surface area contributed by atoms with Gasteiger partial charge < -0.3 is 10.2 Å². The third-order valence-corrected chi connectivity index (χ3v) is 6.88. The van der Waals surface area contributed by atoms with Crippen LogP contribution in [0.25, 0.3) is 0 Å². The highest BCUT2D eigenvalue weighted by atomic mass is 32.2. The Morgan fingerprint density at radius 2 is 1.82 bits per heavy atom. The van der Waals surface area contributed by atoms with Crippen LogP contribution in [-0.2, 0) is 10.0 Å². The molecule has 2 aliphatic rings. The Balaban J connectivity index is 1.84. The molecule has 2 fully saturated rings. The minimum Gasteiger partial charge on any atom is -0.395 e. The van der Waals surface area contributed by atoms with E-state index in [2.05, 4.69) is 16.7 Å². The Labute approximate surface area is 168 Å². The van der Waals surface area contributed by atoms with Crippen LogP contribution in [0, 0.1) is 11.8 Å². The van der Waals surface area contributed by atoms with Crippen molar-refractivity contribution in [3.63, 3.8) is 0 Å². The van der Waals surface area contributed by atoms with Gasteiger partial charge in [0, 0.05) is 36.7 Å². The summed E-state index contributed by atoms with van der Waals surface area (Å²) in [5.74, 6) is 5.85. The monoisotopic (exact) mass is 406 g/mol. The van der Waals surface area contributed by atoms with Crippen molar-refractivity contribution in [3.8, 4) is 11.8 Å². The van der Waals surface area contributed by atoms with Gasteiger partial charge in [-0.1, -0.05) is 24.0 Å². The quantitative estimate of drug-likeness (QED) is 0.732. The van der Waals surface area contributed by atoms with Crippen LogP contribution in [0.5, 0.6) is 0 Å². The standard InChI is InChI=1S/C21H30N2O4S/c1-21(2,25)11-10-16-6-8-17(9-7-16)20-18-14-22(28(3,26)27)12-4-5-13-23(18)19(20)15-24/h6-9,18-20,24-25H,4-5,12-15H2,1-3H3/t18-,19+,20+/m1/s1. The van der Waals surface area contributed by atoms with E-state index in [1.165, 1.54) is 6.26 Å². The first-order valence-corrected chi connectivity index (χ1v) is 11.6. The highest BCUT2D eigenvalue weighted by Gasteiger charge is 2.49. The van der Waals surface area contributed by atoms with Crippen molar-refractivity contribution in [2.24, 2.45) is 0 Å². The molecule has 1 aromatic rings. The number of nitrogens with zero attached hydrogens (tertiary/aromatic N) is 2. The van der Waals surface area contributed by atoms with Gasteiger partial charge in [0.2, 0.25) is 10.0 Å². The number of fused-ring (bicyclic) bond motifs is 1. The lowest BCUT2D eigenvalue weighted by molar-refractivity contribution is -0.0553. The van der Waals surface area contributed by atoms with E-state index in [1.54, 1.807) is 18.2 Å². The third kappa shape index (κ3) is 4.76. The summed E-state index contributed by atoms with van der Waals surface area (Å²) in [5.41, 5.74) is 0.865. The molecule has 0 saturated carbocycles. The van der Waals surface area contributed by atoms with E-state index in [4.69, 9.17) is 0 Å². The highest BCUT2D eigenvalue weighted by molar-refractivity contribution is 7.88. The maximum atomic E-state index is 12.1. The molecule has 2 N–H and O–H groups in total. The molecule has 1 aromatic carbocycles. The normalized spacial score (nSPS) is 27.0. The van der Waals surface area contributed by atoms with Crippen molar-refractivity contribution in [2.75, 3.05) is 32.5 Å². The molecule has 0 bridgehead atoms. The van der Waals surface area contributed by atoms with Crippen LogP contribution in [0.3, 0.4) is 0 Å². The number of benzene rings is 1. The van der Waals surface area contributed by atoms with Crippen LogP contribution >= 0.6 is 0 Å². The molecule has 6 nitrogen and oxygen atoms in total. The molecule has 0 amide bonds. The summed E-state index contributed by atoms with van der Waals surface area (Å²) in [6, 6.07) is 7.93. The maximum Gasteiger partial charge on any atom is 0.211 e. The van der Waals surface area contributed by atoms with E-state index in [0.29, 0.717) is 13.1 Å². The molecule has 0 aromatic heterocycles. The van der Waals surface area contributed by atoms with Crippen LogP contribution in [0.15, 0.2) is 24.3 Å². The Hall–Kier alpha value is -1.43. The molecule has 154 valence electrons. The molecule has 0 unspecified atom stereocenters. The van der Waals surface area contributed by atoms with Gasteiger partial charge in [-0.2, -0.15) is 0 Å². The molecule has 7 heteroatoms. The lowest BCUT2D eigenvalue weighted by Gasteiger charge is -2.57. The van der Waals surface area contributed by atoms with Crippen molar-refractivity contribution >= 4 is 10.0 Å². The molecule has 2 saturated heterocycles. The fourth-order valence-corrected chi connectivity index (χ4v) is 5.11. The Bertz CT molecular complexity index is 849. The first kappa shape index (κ1) is 21.3. The average Bonchev–Trinajstić information content (AvgIpc) is 2.58. The molecule has 28 heavy (non-hydrogen) atoms. The van der Waals surface area contributed by atoms with Gasteiger partial charge in [-0.25, -0.2) is 12.7 Å². The summed E-state index contributed by atoms with van der Waals surface area (Å²) in [6.07, 6.45) is 3.04. The summed E-state index contributed by atoms with van der Waals surface area (Å²) in [4.78, 5) is 2.25. The zero-order valence-electron chi connectivity index (χ0n) is 16.8. The van der Waals surface area contributed by atoms with Crippen LogP contribution in [0.4, 0.5) is 0 Å². The van der Waals surface area contributed by atoms with Gasteiger partial charge in [-0.15, -0.1) is 0 Å². The van der Waals surface area contributed by atoms with Gasteiger partial charge >= 0.3 is 0 Å². The highest BCUT2D eigenvalue weighted by Crippen LogP contribution is 2.42. The van der Waals surface area contributed by atoms with Gasteiger partial charge in [-0.3, -0.25) is 4.90 Å². The molecule has 3 rings (SSSR count). The van der Waals surface area contributed by atoms with Crippen molar-refractivity contribution in [1.82, 2.24) is 9.21 Å². The summed E-state index contributed by atoms with van der Waals surface area (Å²) in [6.45, 7) is 5.25. The molecular formula is C21H30N2O4S. The molecule has 0 spiro atoms. The van der Waals surface area contributed by atoms with Crippen molar-refractivity contribution in [2.45, 2.75) is 50.3 Å². The van der Waals surface area contributed by atoms with Crippen LogP contribution < -0.4 is 0 Å². The average molecular weight is 407 g/mol. The smallest absolute Gasteiger partial charge is 0.211 e. The number of hydrogen-bond donors (Lipinski definition) is 2. The minimum absolute atomic E-state index is 0.0119. The summed E-state index contributed by atoms with van der Waals surface area (Å²) in [5, 5.41) is 19.7. The molecular weight excluding hydrogens is 376 g/mol. The second-order valence-electron chi connectivity index (χ2n) is 8.34. The Morgan fingerprint density at radius 3 is 2.39 bits per heavy atom. The third-order valence-electron chi connectivity index (χ3n) is 5.61. The SMILES string of the molecule is CC(C)(O)C#Cc1ccc([C@H]2[C@H]3CN(S(C)(=O)=O)CCCCN3[C@H]2CO)cc1. The van der Waals surface area contributed by atoms with Gasteiger partial charge in [0.15, 0.2) is 0 Å². The fourth-order valence-electron chi connectivity index (χ4n) is 4.22. The first-order chi connectivity index (χ1) is 13.1. The molecule has 2 aliphatic heterocycles. The largest absolute Gasteiger partial charge is 0.395 e. The fraction of sp³-hybridized carbons (Fsp3) is 0.619. The lowest BCUT2D eigenvalue weighted by Crippen LogP contribution is -2.67. The molecule has 0 aliphatic carbocycles. The number of hydrogen-bond acceptors (Lipinski definition) is 5. The van der Waals surface area contributed by atoms with Crippen LogP contribution in [0.2, 0.25) is 0 Å². The Morgan fingerprint density at radius 1 is 1.18 bits per heavy atom. The summed E-state index contributed by atoms with van der Waals surface area (Å²) in [7, 11) is -3.24. The number of rotatable bonds is 3. The number of sulfonamides is 1. The van der Waals surface area contributed by atoms with E-state index >= 15 is 0 Å². The van der Waals surface area contributed by atoms with Crippen molar-refractivity contribution in [3.05, 3.63) is 35.4 Å². The van der Waals surface area contributed by atoms with Gasteiger partial charge in [-0.05, 0) is 50.9 Å². The zero-order valence-corrected chi connectivity index (χ0v) is 17.6. The predicted molar refractivity (Wildman–Crippen MR) is 109 cm³/mol. The maximum absolute atomic E-state index is 12.1. The lowest BCUT2D eigenvalue weighted by atomic mass is 9.74. The minimum atomic E-state index is -3.24. The zero-order chi connectivity index (χ0) is 20.5. The van der Waals surface area contributed by atoms with Gasteiger partial charge in [0.25, 0.3) is 0 Å². The van der Waals surface area contributed by atoms with E-state index in [9.17, 15) is 18.6 Å². The van der Waals surface area contributed by atoms with Crippen LogP contribution in [0.1, 0.15) is 43.7 Å². The summed E-state index contributed by atoms with van der Waals surface area (Å²) < 4.78 is 25.9. The summed E-state index contributed by atoms with van der Waals surface area (Å²) >= 11 is 0. The van der Waals surface area contributed by atoms with E-state index in [0.717, 1.165) is 30.5 Å². The number of aliphatic hydroxyl groups is 2. The molecule has 0 radical (unpaired) electrons. The van der Waals surface area contributed by atoms with Crippen molar-refractivity contribution in [1.29, 1.82) is 0 Å². The second-order valence-corrected chi connectivity index (χ2v) is 10.3. The number of aliphatic hydroxyl groups excluding tert-OH is 1.